The number of piperidine rings is 1. The van der Waals surface area contributed by atoms with E-state index in [9.17, 15) is 4.79 Å². The average Bonchev–Trinajstić information content (AvgIpc) is 2.45. The molecule has 2 rings (SSSR count). The summed E-state index contributed by atoms with van der Waals surface area (Å²) in [6.45, 7) is 6.50. The predicted octanol–water partition coefficient (Wildman–Crippen LogP) is 2.66. The summed E-state index contributed by atoms with van der Waals surface area (Å²) in [5.74, 6) is 0.235. The van der Waals surface area contributed by atoms with Gasteiger partial charge in [-0.3, -0.25) is 4.79 Å². The zero-order valence-corrected chi connectivity index (χ0v) is 12.0. The van der Waals surface area contributed by atoms with E-state index in [1.807, 2.05) is 4.90 Å². The Morgan fingerprint density at radius 1 is 1.32 bits per heavy atom. The molecular weight excluding hydrogens is 236 g/mol. The molecule has 19 heavy (non-hydrogen) atoms. The van der Waals surface area contributed by atoms with E-state index in [0.717, 1.165) is 25.9 Å². The van der Waals surface area contributed by atoms with Crippen LogP contribution in [0.1, 0.15) is 43.4 Å². The Hall–Kier alpha value is -1.35. The molecular formula is C16H24N2O. The number of likely N-dealkylation sites (tertiary alicyclic amines) is 1. The number of aryl methyl sites for hydroxylation is 1. The number of amides is 1. The van der Waals surface area contributed by atoms with Crippen molar-refractivity contribution < 1.29 is 4.79 Å². The largest absolute Gasteiger partial charge is 0.342 e. The number of nitrogens with zero attached hydrogens (tertiary/aromatic N) is 1. The third kappa shape index (κ3) is 4.06. The first-order valence-electron chi connectivity index (χ1n) is 7.24. The van der Waals surface area contributed by atoms with Crippen LogP contribution in [0.3, 0.4) is 0 Å². The zero-order valence-electron chi connectivity index (χ0n) is 12.0. The molecule has 0 aliphatic carbocycles. The van der Waals surface area contributed by atoms with Gasteiger partial charge in [-0.05, 0) is 38.7 Å². The summed E-state index contributed by atoms with van der Waals surface area (Å²) >= 11 is 0. The van der Waals surface area contributed by atoms with Crippen molar-refractivity contribution in [3.8, 4) is 0 Å². The molecule has 3 heteroatoms. The third-order valence-corrected chi connectivity index (χ3v) is 3.81. The molecule has 1 aliphatic heterocycles. The summed E-state index contributed by atoms with van der Waals surface area (Å²) in [6.07, 6.45) is 3.56. The minimum atomic E-state index is 0.216. The van der Waals surface area contributed by atoms with Gasteiger partial charge in [0, 0.05) is 19.1 Å². The molecule has 0 bridgehead atoms. The van der Waals surface area contributed by atoms with Crippen molar-refractivity contribution in [3.63, 3.8) is 0 Å². The number of carbonyl (C=O) groups excluding carboxylic acids is 1. The molecule has 0 spiro atoms. The Morgan fingerprint density at radius 3 is 2.74 bits per heavy atom. The number of hydrogen-bond donors (Lipinski definition) is 1. The minimum Gasteiger partial charge on any atom is -0.342 e. The van der Waals surface area contributed by atoms with E-state index in [1.54, 1.807) is 0 Å². The summed E-state index contributed by atoms with van der Waals surface area (Å²) in [5.41, 5.74) is 2.50. The highest BCUT2D eigenvalue weighted by Crippen LogP contribution is 2.14. The summed E-state index contributed by atoms with van der Waals surface area (Å²) in [4.78, 5) is 14.0. The maximum Gasteiger partial charge on any atom is 0.236 e. The van der Waals surface area contributed by atoms with Gasteiger partial charge in [0.05, 0.1) is 6.54 Å². The van der Waals surface area contributed by atoms with Crippen molar-refractivity contribution in [2.75, 3.05) is 19.6 Å². The fourth-order valence-electron chi connectivity index (χ4n) is 2.55. The van der Waals surface area contributed by atoms with E-state index in [1.165, 1.54) is 17.5 Å². The second-order valence-corrected chi connectivity index (χ2v) is 5.46. The molecule has 1 aromatic carbocycles. The van der Waals surface area contributed by atoms with E-state index in [-0.39, 0.29) is 11.9 Å². The maximum absolute atomic E-state index is 12.1. The number of carbonyl (C=O) groups is 1. The van der Waals surface area contributed by atoms with Crippen LogP contribution in [0.15, 0.2) is 24.3 Å². The standard InChI is InChI=1S/C16H24N2O/c1-13-7-6-8-15(11-13)14(2)17-12-16(19)18-9-4-3-5-10-18/h6-8,11,14,17H,3-5,9-10,12H2,1-2H3/t14-/m1/s1. The van der Waals surface area contributed by atoms with Gasteiger partial charge in [0.15, 0.2) is 0 Å². The van der Waals surface area contributed by atoms with Crippen molar-refractivity contribution in [2.24, 2.45) is 0 Å². The van der Waals surface area contributed by atoms with Crippen LogP contribution in [-0.4, -0.2) is 30.4 Å². The van der Waals surface area contributed by atoms with Gasteiger partial charge in [0.25, 0.3) is 0 Å². The van der Waals surface area contributed by atoms with Crippen LogP contribution >= 0.6 is 0 Å². The van der Waals surface area contributed by atoms with E-state index in [2.05, 4.69) is 43.4 Å². The Labute approximate surface area is 116 Å². The van der Waals surface area contributed by atoms with Crippen LogP contribution < -0.4 is 5.32 Å². The Morgan fingerprint density at radius 2 is 2.05 bits per heavy atom. The maximum atomic E-state index is 12.1. The SMILES string of the molecule is Cc1cccc([C@@H](C)NCC(=O)N2CCCCC2)c1. The summed E-state index contributed by atoms with van der Waals surface area (Å²) in [7, 11) is 0. The van der Waals surface area contributed by atoms with Crippen molar-refractivity contribution >= 4 is 5.91 Å². The molecule has 0 unspecified atom stereocenters. The summed E-state index contributed by atoms with van der Waals surface area (Å²) in [6, 6.07) is 8.65. The van der Waals surface area contributed by atoms with Crippen LogP contribution in [-0.2, 0) is 4.79 Å². The second kappa shape index (κ2) is 6.71. The van der Waals surface area contributed by atoms with Gasteiger partial charge in [0.1, 0.15) is 0 Å². The fourth-order valence-corrected chi connectivity index (χ4v) is 2.55. The van der Waals surface area contributed by atoms with Crippen molar-refractivity contribution in [2.45, 2.75) is 39.2 Å². The summed E-state index contributed by atoms with van der Waals surface area (Å²) in [5, 5.41) is 3.33. The highest BCUT2D eigenvalue weighted by Gasteiger charge is 2.16. The molecule has 104 valence electrons. The van der Waals surface area contributed by atoms with Crippen molar-refractivity contribution in [3.05, 3.63) is 35.4 Å². The fraction of sp³-hybridized carbons (Fsp3) is 0.562. The zero-order chi connectivity index (χ0) is 13.7. The lowest BCUT2D eigenvalue weighted by Crippen LogP contribution is -2.41. The highest BCUT2D eigenvalue weighted by molar-refractivity contribution is 5.78. The van der Waals surface area contributed by atoms with Crippen LogP contribution in [0.5, 0.6) is 0 Å². The molecule has 1 aliphatic rings. The Kier molecular flexibility index (Phi) is 4.97. The molecule has 0 aromatic heterocycles. The first kappa shape index (κ1) is 14.1. The Bertz CT molecular complexity index is 425. The molecule has 1 fully saturated rings. The van der Waals surface area contributed by atoms with Gasteiger partial charge in [-0.25, -0.2) is 0 Å². The number of benzene rings is 1. The van der Waals surface area contributed by atoms with Crippen LogP contribution in [0.2, 0.25) is 0 Å². The number of hydrogen-bond acceptors (Lipinski definition) is 2. The molecule has 1 N–H and O–H groups in total. The molecule has 3 nitrogen and oxygen atoms in total. The highest BCUT2D eigenvalue weighted by atomic mass is 16.2. The molecule has 1 atom stereocenters. The smallest absolute Gasteiger partial charge is 0.236 e. The third-order valence-electron chi connectivity index (χ3n) is 3.81. The minimum absolute atomic E-state index is 0.216. The quantitative estimate of drug-likeness (QED) is 0.902. The van der Waals surface area contributed by atoms with Gasteiger partial charge in [0.2, 0.25) is 5.91 Å². The topological polar surface area (TPSA) is 32.3 Å². The normalized spacial score (nSPS) is 17.3. The van der Waals surface area contributed by atoms with Crippen molar-refractivity contribution in [1.29, 1.82) is 0 Å². The molecule has 1 heterocycles. The summed E-state index contributed by atoms with van der Waals surface area (Å²) < 4.78 is 0. The van der Waals surface area contributed by atoms with Crippen molar-refractivity contribution in [1.82, 2.24) is 10.2 Å². The molecule has 1 aromatic rings. The molecule has 1 saturated heterocycles. The average molecular weight is 260 g/mol. The molecule has 0 radical (unpaired) electrons. The van der Waals surface area contributed by atoms with E-state index in [0.29, 0.717) is 6.54 Å². The predicted molar refractivity (Wildman–Crippen MR) is 78.0 cm³/mol. The lowest BCUT2D eigenvalue weighted by atomic mass is 10.1. The monoisotopic (exact) mass is 260 g/mol. The lowest BCUT2D eigenvalue weighted by Gasteiger charge is -2.27. The molecule has 1 amide bonds. The van der Waals surface area contributed by atoms with Gasteiger partial charge in [-0.2, -0.15) is 0 Å². The Balaban J connectivity index is 1.82. The van der Waals surface area contributed by atoms with Gasteiger partial charge in [-0.1, -0.05) is 29.8 Å². The van der Waals surface area contributed by atoms with E-state index < -0.39 is 0 Å². The van der Waals surface area contributed by atoms with Crippen LogP contribution in [0, 0.1) is 6.92 Å². The number of rotatable bonds is 4. The lowest BCUT2D eigenvalue weighted by molar-refractivity contribution is -0.131. The first-order valence-corrected chi connectivity index (χ1v) is 7.24. The molecule has 0 saturated carbocycles. The van der Waals surface area contributed by atoms with Gasteiger partial charge < -0.3 is 10.2 Å². The van der Waals surface area contributed by atoms with Gasteiger partial charge >= 0.3 is 0 Å². The van der Waals surface area contributed by atoms with E-state index >= 15 is 0 Å². The number of nitrogens with one attached hydrogen (secondary N) is 1. The first-order chi connectivity index (χ1) is 9.16. The van der Waals surface area contributed by atoms with Crippen LogP contribution in [0.4, 0.5) is 0 Å². The van der Waals surface area contributed by atoms with Gasteiger partial charge in [-0.15, -0.1) is 0 Å². The second-order valence-electron chi connectivity index (χ2n) is 5.46. The van der Waals surface area contributed by atoms with Crippen LogP contribution in [0.25, 0.3) is 0 Å². The van der Waals surface area contributed by atoms with E-state index in [4.69, 9.17) is 0 Å².